The van der Waals surface area contributed by atoms with E-state index in [2.05, 4.69) is 0 Å². The van der Waals surface area contributed by atoms with Gasteiger partial charge in [-0.2, -0.15) is 0 Å². The summed E-state index contributed by atoms with van der Waals surface area (Å²) in [5, 5.41) is 9.10. The molecular weight excluding hydrogens is 180 g/mol. The van der Waals surface area contributed by atoms with Gasteiger partial charge in [0.1, 0.15) is 11.5 Å². The third kappa shape index (κ3) is 1.77. The molecule has 1 aromatic rings. The smallest absolute Gasteiger partial charge is 0.144 e. The first-order valence-corrected chi connectivity index (χ1v) is 4.67. The van der Waals surface area contributed by atoms with Gasteiger partial charge in [-0.05, 0) is 17.7 Å². The number of aromatic hydroxyl groups is 1. The van der Waals surface area contributed by atoms with Gasteiger partial charge in [0.25, 0.3) is 0 Å². The lowest BCUT2D eigenvalue weighted by atomic mass is 9.92. The average Bonchev–Trinajstić information content (AvgIpc) is 2.20. The number of phenolic OH excluding ortho intramolecular Hbond substituents is 1. The third-order valence-corrected chi connectivity index (χ3v) is 2.46. The topological polar surface area (TPSA) is 46.5 Å². The summed E-state index contributed by atoms with van der Waals surface area (Å²) in [5.41, 5.74) is 0.924. The third-order valence-electron chi connectivity index (χ3n) is 2.46. The van der Waals surface area contributed by atoms with Gasteiger partial charge in [-0.25, -0.2) is 0 Å². The highest BCUT2D eigenvalue weighted by Crippen LogP contribution is 2.23. The molecule has 1 aliphatic heterocycles. The van der Waals surface area contributed by atoms with Gasteiger partial charge in [0, 0.05) is 6.42 Å². The fourth-order valence-electron chi connectivity index (χ4n) is 1.63. The van der Waals surface area contributed by atoms with E-state index in [0.29, 0.717) is 19.6 Å². The zero-order valence-electron chi connectivity index (χ0n) is 7.77. The molecule has 1 fully saturated rings. The van der Waals surface area contributed by atoms with Crippen molar-refractivity contribution in [3.05, 3.63) is 29.8 Å². The Labute approximate surface area is 82.3 Å². The van der Waals surface area contributed by atoms with Gasteiger partial charge in [0.15, 0.2) is 0 Å². The second-order valence-electron chi connectivity index (χ2n) is 3.44. The fraction of sp³-hybridized carbons (Fsp3) is 0.364. The summed E-state index contributed by atoms with van der Waals surface area (Å²) in [4.78, 5) is 11.5. The molecule has 1 aliphatic rings. The van der Waals surface area contributed by atoms with E-state index in [1.54, 1.807) is 24.3 Å². The molecule has 0 aliphatic carbocycles. The quantitative estimate of drug-likeness (QED) is 0.732. The second kappa shape index (κ2) is 3.80. The van der Waals surface area contributed by atoms with Crippen molar-refractivity contribution in [2.24, 2.45) is 0 Å². The van der Waals surface area contributed by atoms with E-state index in [1.165, 1.54) is 0 Å². The molecule has 14 heavy (non-hydrogen) atoms. The number of hydrogen-bond donors (Lipinski definition) is 1. The number of carbonyl (C=O) groups excluding carboxylic acids is 1. The van der Waals surface area contributed by atoms with Crippen molar-refractivity contribution in [3.8, 4) is 5.75 Å². The number of carbonyl (C=O) groups is 1. The Morgan fingerprint density at radius 1 is 1.29 bits per heavy atom. The maximum atomic E-state index is 11.5. The molecule has 0 amide bonds. The standard InChI is InChI=1S/C11H12O3/c12-9-3-1-8(2-4-9)10-7-14-6-5-11(10)13/h1-4,10,12H,5-7H2. The minimum absolute atomic E-state index is 0.149. The highest BCUT2D eigenvalue weighted by molar-refractivity contribution is 5.86. The number of rotatable bonds is 1. The van der Waals surface area contributed by atoms with E-state index in [9.17, 15) is 4.79 Å². The van der Waals surface area contributed by atoms with Crippen LogP contribution in [-0.2, 0) is 9.53 Å². The number of benzene rings is 1. The largest absolute Gasteiger partial charge is 0.508 e. The van der Waals surface area contributed by atoms with Crippen molar-refractivity contribution in [2.75, 3.05) is 13.2 Å². The molecule has 0 spiro atoms. The Bertz CT molecular complexity index is 329. The SMILES string of the molecule is O=C1CCOCC1c1ccc(O)cc1. The molecule has 0 saturated carbocycles. The van der Waals surface area contributed by atoms with Crippen LogP contribution in [0.5, 0.6) is 5.75 Å². The summed E-state index contributed by atoms with van der Waals surface area (Å²) in [6.07, 6.45) is 0.492. The molecule has 1 N–H and O–H groups in total. The maximum Gasteiger partial charge on any atom is 0.144 e. The van der Waals surface area contributed by atoms with E-state index >= 15 is 0 Å². The predicted octanol–water partition coefficient (Wildman–Crippen LogP) is 1.47. The van der Waals surface area contributed by atoms with Crippen LogP contribution >= 0.6 is 0 Å². The van der Waals surface area contributed by atoms with Crippen molar-refractivity contribution in [1.82, 2.24) is 0 Å². The Hall–Kier alpha value is -1.35. The van der Waals surface area contributed by atoms with E-state index < -0.39 is 0 Å². The zero-order chi connectivity index (χ0) is 9.97. The number of ketones is 1. The summed E-state index contributed by atoms with van der Waals surface area (Å²) in [5.74, 6) is 0.296. The van der Waals surface area contributed by atoms with E-state index in [0.717, 1.165) is 5.56 Å². The van der Waals surface area contributed by atoms with Crippen molar-refractivity contribution >= 4 is 5.78 Å². The van der Waals surface area contributed by atoms with Crippen LogP contribution in [0.2, 0.25) is 0 Å². The first-order valence-electron chi connectivity index (χ1n) is 4.67. The van der Waals surface area contributed by atoms with Crippen LogP contribution in [0.3, 0.4) is 0 Å². The summed E-state index contributed by atoms with van der Waals surface area (Å²) < 4.78 is 5.25. The van der Waals surface area contributed by atoms with Crippen molar-refractivity contribution in [1.29, 1.82) is 0 Å². The number of ether oxygens (including phenoxy) is 1. The number of phenols is 1. The van der Waals surface area contributed by atoms with Crippen LogP contribution < -0.4 is 0 Å². The number of hydrogen-bond acceptors (Lipinski definition) is 3. The monoisotopic (exact) mass is 192 g/mol. The van der Waals surface area contributed by atoms with Gasteiger partial charge in [0.2, 0.25) is 0 Å². The highest BCUT2D eigenvalue weighted by Gasteiger charge is 2.24. The Kier molecular flexibility index (Phi) is 2.50. The molecule has 1 unspecified atom stereocenters. The minimum atomic E-state index is -0.149. The van der Waals surface area contributed by atoms with Crippen LogP contribution in [0.4, 0.5) is 0 Å². The lowest BCUT2D eigenvalue weighted by Gasteiger charge is -2.21. The van der Waals surface area contributed by atoms with E-state index in [4.69, 9.17) is 9.84 Å². The van der Waals surface area contributed by atoms with Crippen LogP contribution in [0.15, 0.2) is 24.3 Å². The van der Waals surface area contributed by atoms with Crippen LogP contribution in [0, 0.1) is 0 Å². The molecule has 74 valence electrons. The first kappa shape index (κ1) is 9.21. The normalized spacial score (nSPS) is 22.3. The van der Waals surface area contributed by atoms with Gasteiger partial charge in [-0.15, -0.1) is 0 Å². The maximum absolute atomic E-state index is 11.5. The zero-order valence-corrected chi connectivity index (χ0v) is 7.77. The van der Waals surface area contributed by atoms with Gasteiger partial charge in [-0.3, -0.25) is 4.79 Å². The second-order valence-corrected chi connectivity index (χ2v) is 3.44. The van der Waals surface area contributed by atoms with Crippen molar-refractivity contribution in [2.45, 2.75) is 12.3 Å². The lowest BCUT2D eigenvalue weighted by molar-refractivity contribution is -0.126. The molecule has 1 heterocycles. The molecule has 1 aromatic carbocycles. The van der Waals surface area contributed by atoms with E-state index in [-0.39, 0.29) is 17.5 Å². The van der Waals surface area contributed by atoms with Crippen molar-refractivity contribution in [3.63, 3.8) is 0 Å². The number of Topliss-reactive ketones (excluding diaryl/α,β-unsaturated/α-hetero) is 1. The van der Waals surface area contributed by atoms with Crippen LogP contribution in [-0.4, -0.2) is 24.1 Å². The lowest BCUT2D eigenvalue weighted by Crippen LogP contribution is -2.25. The van der Waals surface area contributed by atoms with Gasteiger partial charge < -0.3 is 9.84 Å². The van der Waals surface area contributed by atoms with Crippen LogP contribution in [0.1, 0.15) is 17.9 Å². The molecule has 3 heteroatoms. The van der Waals surface area contributed by atoms with E-state index in [1.807, 2.05) is 0 Å². The predicted molar refractivity (Wildman–Crippen MR) is 51.3 cm³/mol. The van der Waals surface area contributed by atoms with Gasteiger partial charge in [-0.1, -0.05) is 12.1 Å². The first-order chi connectivity index (χ1) is 6.77. The molecule has 1 saturated heterocycles. The Morgan fingerprint density at radius 2 is 2.00 bits per heavy atom. The summed E-state index contributed by atoms with van der Waals surface area (Å²) in [6.45, 7) is 0.997. The molecule has 3 nitrogen and oxygen atoms in total. The molecule has 0 radical (unpaired) electrons. The minimum Gasteiger partial charge on any atom is -0.508 e. The molecular formula is C11H12O3. The molecule has 0 bridgehead atoms. The van der Waals surface area contributed by atoms with Crippen LogP contribution in [0.25, 0.3) is 0 Å². The van der Waals surface area contributed by atoms with Gasteiger partial charge >= 0.3 is 0 Å². The fourth-order valence-corrected chi connectivity index (χ4v) is 1.63. The van der Waals surface area contributed by atoms with Crippen molar-refractivity contribution < 1.29 is 14.6 Å². The Balaban J connectivity index is 2.20. The highest BCUT2D eigenvalue weighted by atomic mass is 16.5. The summed E-state index contributed by atoms with van der Waals surface area (Å²) in [7, 11) is 0. The van der Waals surface area contributed by atoms with Gasteiger partial charge in [0.05, 0.1) is 19.1 Å². The summed E-state index contributed by atoms with van der Waals surface area (Å²) in [6, 6.07) is 6.73. The Morgan fingerprint density at radius 3 is 2.64 bits per heavy atom. The molecule has 1 atom stereocenters. The molecule has 0 aromatic heterocycles. The average molecular weight is 192 g/mol. The summed E-state index contributed by atoms with van der Waals surface area (Å²) >= 11 is 0. The molecule has 2 rings (SSSR count).